The van der Waals surface area contributed by atoms with Gasteiger partial charge in [-0.3, -0.25) is 4.79 Å². The number of phenols is 1. The summed E-state index contributed by atoms with van der Waals surface area (Å²) in [7, 11) is 1.81. The van der Waals surface area contributed by atoms with Gasteiger partial charge in [-0.05, 0) is 50.9 Å². The van der Waals surface area contributed by atoms with Crippen molar-refractivity contribution >= 4 is 5.78 Å². The third-order valence-corrected chi connectivity index (χ3v) is 2.71. The first-order chi connectivity index (χ1) is 7.63. The van der Waals surface area contributed by atoms with Crippen molar-refractivity contribution in [2.75, 3.05) is 7.05 Å². The van der Waals surface area contributed by atoms with Crippen LogP contribution in [-0.4, -0.2) is 24.0 Å². The summed E-state index contributed by atoms with van der Waals surface area (Å²) in [5.74, 6) is 0.479. The number of benzene rings is 1. The van der Waals surface area contributed by atoms with Crippen LogP contribution in [0.15, 0.2) is 24.3 Å². The van der Waals surface area contributed by atoms with Crippen LogP contribution in [0.25, 0.3) is 0 Å². The van der Waals surface area contributed by atoms with Gasteiger partial charge in [-0.15, -0.1) is 0 Å². The Kier molecular flexibility index (Phi) is 4.99. The third kappa shape index (κ3) is 4.03. The van der Waals surface area contributed by atoms with Gasteiger partial charge in [0.25, 0.3) is 0 Å². The first-order valence-corrected chi connectivity index (χ1v) is 5.59. The van der Waals surface area contributed by atoms with Crippen molar-refractivity contribution in [3.8, 4) is 5.75 Å². The number of rotatable bonds is 6. The molecule has 88 valence electrons. The second kappa shape index (κ2) is 6.28. The van der Waals surface area contributed by atoms with Crippen LogP contribution in [0.2, 0.25) is 0 Å². The Hall–Kier alpha value is -1.35. The van der Waals surface area contributed by atoms with E-state index in [0.717, 1.165) is 24.8 Å². The number of hydrogen-bond acceptors (Lipinski definition) is 3. The fraction of sp³-hybridized carbons (Fsp3) is 0.462. The van der Waals surface area contributed by atoms with E-state index < -0.39 is 0 Å². The number of carbonyl (C=O) groups excluding carboxylic acids is 1. The molecule has 0 saturated heterocycles. The van der Waals surface area contributed by atoms with Crippen LogP contribution in [0.1, 0.15) is 25.3 Å². The van der Waals surface area contributed by atoms with Crippen LogP contribution >= 0.6 is 0 Å². The molecule has 1 atom stereocenters. The standard InChI is InChI=1S/C13H19NO2/c1-10(15)13(14-2)8-4-6-11-5-3-7-12(16)9-11/h3,5,7,9,13-14,16H,4,6,8H2,1-2H3. The molecule has 1 aromatic carbocycles. The van der Waals surface area contributed by atoms with Gasteiger partial charge in [0, 0.05) is 0 Å². The Morgan fingerprint density at radius 1 is 1.50 bits per heavy atom. The summed E-state index contributed by atoms with van der Waals surface area (Å²) in [6.07, 6.45) is 2.66. The molecular weight excluding hydrogens is 202 g/mol. The van der Waals surface area contributed by atoms with Crippen molar-refractivity contribution in [2.45, 2.75) is 32.2 Å². The van der Waals surface area contributed by atoms with Crippen LogP contribution in [0.3, 0.4) is 0 Å². The molecule has 1 aromatic rings. The fourth-order valence-electron chi connectivity index (χ4n) is 1.77. The normalized spacial score (nSPS) is 12.4. The summed E-state index contributed by atoms with van der Waals surface area (Å²) in [5, 5.41) is 12.3. The SMILES string of the molecule is CNC(CCCc1cccc(O)c1)C(C)=O. The average Bonchev–Trinajstić information content (AvgIpc) is 2.24. The Morgan fingerprint density at radius 3 is 2.81 bits per heavy atom. The highest BCUT2D eigenvalue weighted by atomic mass is 16.3. The molecule has 0 radical (unpaired) electrons. The Morgan fingerprint density at radius 2 is 2.25 bits per heavy atom. The van der Waals surface area contributed by atoms with Crippen molar-refractivity contribution in [2.24, 2.45) is 0 Å². The topological polar surface area (TPSA) is 49.3 Å². The van der Waals surface area contributed by atoms with E-state index in [1.54, 1.807) is 26.1 Å². The molecule has 3 heteroatoms. The largest absolute Gasteiger partial charge is 0.508 e. The van der Waals surface area contributed by atoms with Crippen molar-refractivity contribution < 1.29 is 9.90 Å². The lowest BCUT2D eigenvalue weighted by Gasteiger charge is -2.12. The number of carbonyl (C=O) groups is 1. The van der Waals surface area contributed by atoms with Gasteiger partial charge in [0.15, 0.2) is 0 Å². The van der Waals surface area contributed by atoms with Crippen molar-refractivity contribution in [3.63, 3.8) is 0 Å². The van der Waals surface area contributed by atoms with Crippen molar-refractivity contribution in [3.05, 3.63) is 29.8 Å². The predicted molar refractivity (Wildman–Crippen MR) is 64.6 cm³/mol. The number of aromatic hydroxyl groups is 1. The minimum Gasteiger partial charge on any atom is -0.508 e. The lowest BCUT2D eigenvalue weighted by atomic mass is 10.0. The Bertz CT molecular complexity index is 350. The number of aryl methyl sites for hydroxylation is 1. The summed E-state index contributed by atoms with van der Waals surface area (Å²) in [4.78, 5) is 11.2. The van der Waals surface area contributed by atoms with E-state index in [4.69, 9.17) is 0 Å². The lowest BCUT2D eigenvalue weighted by molar-refractivity contribution is -0.119. The number of likely N-dealkylation sites (N-methyl/N-ethyl adjacent to an activating group) is 1. The maximum atomic E-state index is 11.2. The van der Waals surface area contributed by atoms with Gasteiger partial charge in [0.2, 0.25) is 0 Å². The lowest BCUT2D eigenvalue weighted by Crippen LogP contribution is -2.32. The minimum atomic E-state index is -0.0442. The van der Waals surface area contributed by atoms with Gasteiger partial charge >= 0.3 is 0 Å². The van der Waals surface area contributed by atoms with Gasteiger partial charge in [-0.2, -0.15) is 0 Å². The van der Waals surface area contributed by atoms with Gasteiger partial charge < -0.3 is 10.4 Å². The van der Waals surface area contributed by atoms with E-state index in [1.807, 2.05) is 12.1 Å². The molecule has 0 saturated carbocycles. The van der Waals surface area contributed by atoms with Crippen LogP contribution in [0.4, 0.5) is 0 Å². The van der Waals surface area contributed by atoms with E-state index in [-0.39, 0.29) is 11.8 Å². The average molecular weight is 221 g/mol. The Balaban J connectivity index is 2.38. The minimum absolute atomic E-state index is 0.0442. The molecule has 0 aliphatic carbocycles. The zero-order valence-electron chi connectivity index (χ0n) is 9.86. The molecule has 0 amide bonds. The molecule has 2 N–H and O–H groups in total. The zero-order valence-corrected chi connectivity index (χ0v) is 9.86. The molecule has 16 heavy (non-hydrogen) atoms. The molecule has 3 nitrogen and oxygen atoms in total. The number of hydrogen-bond donors (Lipinski definition) is 2. The molecule has 0 aliphatic rings. The van der Waals surface area contributed by atoms with Crippen molar-refractivity contribution in [1.29, 1.82) is 0 Å². The quantitative estimate of drug-likeness (QED) is 0.771. The summed E-state index contributed by atoms with van der Waals surface area (Å²) in [5.41, 5.74) is 1.11. The molecule has 1 rings (SSSR count). The smallest absolute Gasteiger partial charge is 0.146 e. The highest BCUT2D eigenvalue weighted by Crippen LogP contribution is 2.13. The maximum Gasteiger partial charge on any atom is 0.146 e. The van der Waals surface area contributed by atoms with E-state index in [1.165, 1.54) is 0 Å². The van der Waals surface area contributed by atoms with Gasteiger partial charge in [0.1, 0.15) is 11.5 Å². The molecule has 0 aliphatic heterocycles. The molecule has 0 bridgehead atoms. The molecule has 0 fully saturated rings. The highest BCUT2D eigenvalue weighted by molar-refractivity contribution is 5.81. The molecule has 1 unspecified atom stereocenters. The van der Waals surface area contributed by atoms with Crippen LogP contribution in [0, 0.1) is 0 Å². The van der Waals surface area contributed by atoms with E-state index in [0.29, 0.717) is 5.75 Å². The van der Waals surface area contributed by atoms with Gasteiger partial charge in [-0.25, -0.2) is 0 Å². The fourth-order valence-corrected chi connectivity index (χ4v) is 1.77. The summed E-state index contributed by atoms with van der Waals surface area (Å²) < 4.78 is 0. The first-order valence-electron chi connectivity index (χ1n) is 5.59. The highest BCUT2D eigenvalue weighted by Gasteiger charge is 2.10. The first kappa shape index (κ1) is 12.7. The zero-order chi connectivity index (χ0) is 12.0. The summed E-state index contributed by atoms with van der Waals surface area (Å²) in [6.45, 7) is 1.61. The van der Waals surface area contributed by atoms with Crippen LogP contribution in [-0.2, 0) is 11.2 Å². The van der Waals surface area contributed by atoms with Crippen LogP contribution < -0.4 is 5.32 Å². The second-order valence-electron chi connectivity index (χ2n) is 4.01. The molecule has 0 spiro atoms. The van der Waals surface area contributed by atoms with Crippen molar-refractivity contribution in [1.82, 2.24) is 5.32 Å². The summed E-state index contributed by atoms with van der Waals surface area (Å²) >= 11 is 0. The van der Waals surface area contributed by atoms with E-state index >= 15 is 0 Å². The van der Waals surface area contributed by atoms with Gasteiger partial charge in [-0.1, -0.05) is 12.1 Å². The number of Topliss-reactive ketones (excluding diaryl/α,β-unsaturated/α-hetero) is 1. The number of nitrogens with one attached hydrogen (secondary N) is 1. The number of ketones is 1. The second-order valence-corrected chi connectivity index (χ2v) is 4.01. The monoisotopic (exact) mass is 221 g/mol. The predicted octanol–water partition coefficient (Wildman–Crippen LogP) is 1.89. The van der Waals surface area contributed by atoms with Gasteiger partial charge in [0.05, 0.1) is 6.04 Å². The number of phenolic OH excluding ortho intramolecular Hbond substituents is 1. The Labute approximate surface area is 96.5 Å². The molecule has 0 heterocycles. The third-order valence-electron chi connectivity index (χ3n) is 2.71. The molecular formula is C13H19NO2. The summed E-state index contributed by atoms with van der Waals surface area (Å²) in [6, 6.07) is 7.21. The van der Waals surface area contributed by atoms with Crippen LogP contribution in [0.5, 0.6) is 5.75 Å². The van der Waals surface area contributed by atoms with E-state index in [2.05, 4.69) is 5.32 Å². The molecule has 0 aromatic heterocycles. The van der Waals surface area contributed by atoms with E-state index in [9.17, 15) is 9.90 Å². The maximum absolute atomic E-state index is 11.2.